The highest BCUT2D eigenvalue weighted by Gasteiger charge is 2.34. The molecule has 1 aromatic heterocycles. The number of rotatable bonds is 4. The maximum Gasteiger partial charge on any atom is 0.117 e. The van der Waals surface area contributed by atoms with Crippen molar-refractivity contribution in [2.45, 2.75) is 12.0 Å². The molecule has 0 saturated carbocycles. The van der Waals surface area contributed by atoms with E-state index in [2.05, 4.69) is 15.8 Å². The van der Waals surface area contributed by atoms with E-state index in [0.29, 0.717) is 6.61 Å². The lowest BCUT2D eigenvalue weighted by Gasteiger charge is -2.25. The molecule has 3 rings (SSSR count). The van der Waals surface area contributed by atoms with E-state index in [1.165, 1.54) is 16.9 Å². The monoisotopic (exact) mass is 264 g/mol. The quantitative estimate of drug-likeness (QED) is 0.921. The van der Waals surface area contributed by atoms with E-state index in [1.54, 1.807) is 7.11 Å². The molecule has 0 spiro atoms. The molecule has 0 aliphatic carbocycles. The number of nitrogens with one attached hydrogen (secondary N) is 1. The predicted molar refractivity (Wildman–Crippen MR) is 73.3 cm³/mol. The zero-order valence-corrected chi connectivity index (χ0v) is 11.1. The molecule has 2 heterocycles. The highest BCUT2D eigenvalue weighted by Crippen LogP contribution is 2.29. The molecule has 1 aliphatic heterocycles. The fraction of sp³-hybridized carbons (Fsp3) is 0.462. The number of benzene rings is 1. The van der Waals surface area contributed by atoms with E-state index in [-0.39, 0.29) is 5.60 Å². The first-order valence-electron chi connectivity index (χ1n) is 6.04. The summed E-state index contributed by atoms with van der Waals surface area (Å²) in [7, 11) is 1.75. The lowest BCUT2D eigenvalue weighted by Crippen LogP contribution is -2.39. The minimum Gasteiger partial charge on any atom is -0.378 e. The predicted octanol–water partition coefficient (Wildman–Crippen LogP) is 2.51. The highest BCUT2D eigenvalue weighted by atomic mass is 32.1. The Labute approximate surface area is 110 Å². The molecule has 1 atom stereocenters. The topological polar surface area (TPSA) is 43.4 Å². The van der Waals surface area contributed by atoms with E-state index >= 15 is 0 Å². The average molecular weight is 264 g/mol. The second kappa shape index (κ2) is 4.84. The third kappa shape index (κ3) is 2.09. The first-order valence-corrected chi connectivity index (χ1v) is 6.81. The zero-order valence-electron chi connectivity index (χ0n) is 10.3. The van der Waals surface area contributed by atoms with Gasteiger partial charge in [0.1, 0.15) is 10.6 Å². The summed E-state index contributed by atoms with van der Waals surface area (Å²) < 4.78 is 15.5. The van der Waals surface area contributed by atoms with Crippen LogP contribution in [-0.4, -0.2) is 36.8 Å². The van der Waals surface area contributed by atoms with Gasteiger partial charge in [0.15, 0.2) is 0 Å². The molecule has 0 bridgehead atoms. The van der Waals surface area contributed by atoms with Crippen LogP contribution in [0.25, 0.3) is 10.9 Å². The first kappa shape index (κ1) is 11.9. The molecule has 4 nitrogen and oxygen atoms in total. The second-order valence-electron chi connectivity index (χ2n) is 4.57. The molecule has 1 saturated heterocycles. The summed E-state index contributed by atoms with van der Waals surface area (Å²) in [6.07, 6.45) is 0.938. The number of anilines is 1. The average Bonchev–Trinajstić information content (AvgIpc) is 3.04. The van der Waals surface area contributed by atoms with Crippen molar-refractivity contribution in [1.29, 1.82) is 0 Å². The van der Waals surface area contributed by atoms with Gasteiger partial charge in [-0.1, -0.05) is 12.1 Å². The summed E-state index contributed by atoms with van der Waals surface area (Å²) in [5.41, 5.74) is 0.851. The van der Waals surface area contributed by atoms with Gasteiger partial charge < -0.3 is 14.8 Å². The molecule has 0 radical (unpaired) electrons. The maximum absolute atomic E-state index is 5.61. The fourth-order valence-corrected chi connectivity index (χ4v) is 2.98. The number of methoxy groups -OCH3 is 1. The summed E-state index contributed by atoms with van der Waals surface area (Å²) in [6.45, 7) is 2.20. The largest absolute Gasteiger partial charge is 0.378 e. The number of aromatic nitrogens is 1. The second-order valence-corrected chi connectivity index (χ2v) is 5.35. The third-order valence-electron chi connectivity index (χ3n) is 3.46. The van der Waals surface area contributed by atoms with Crippen molar-refractivity contribution in [3.05, 3.63) is 24.3 Å². The SMILES string of the molecule is COC1(CNc2snc3ccccc23)CCOC1. The van der Waals surface area contributed by atoms with Crippen molar-refractivity contribution in [2.24, 2.45) is 0 Å². The normalized spacial score (nSPS) is 23.6. The molecule has 2 aromatic rings. The molecule has 1 aromatic carbocycles. The van der Waals surface area contributed by atoms with Crippen LogP contribution in [0.5, 0.6) is 0 Å². The van der Waals surface area contributed by atoms with Crippen molar-refractivity contribution in [2.75, 3.05) is 32.2 Å². The van der Waals surface area contributed by atoms with Crippen molar-refractivity contribution in [1.82, 2.24) is 4.37 Å². The molecular weight excluding hydrogens is 248 g/mol. The Balaban J connectivity index is 1.76. The summed E-state index contributed by atoms with van der Waals surface area (Å²) in [5.74, 6) is 0. The Morgan fingerprint density at radius 3 is 3.17 bits per heavy atom. The van der Waals surface area contributed by atoms with E-state index in [1.807, 2.05) is 18.2 Å². The summed E-state index contributed by atoms with van der Waals surface area (Å²) in [4.78, 5) is 0. The Hall–Kier alpha value is -1.17. The Morgan fingerprint density at radius 1 is 1.50 bits per heavy atom. The maximum atomic E-state index is 5.61. The molecule has 1 aliphatic rings. The fourth-order valence-electron chi connectivity index (χ4n) is 2.22. The summed E-state index contributed by atoms with van der Waals surface area (Å²) >= 11 is 1.50. The van der Waals surface area contributed by atoms with E-state index in [9.17, 15) is 0 Å². The van der Waals surface area contributed by atoms with Gasteiger partial charge in [-0.3, -0.25) is 0 Å². The van der Waals surface area contributed by atoms with E-state index in [4.69, 9.17) is 9.47 Å². The van der Waals surface area contributed by atoms with Crippen LogP contribution in [0.4, 0.5) is 5.00 Å². The Bertz CT molecular complexity index is 535. The Kier molecular flexibility index (Phi) is 3.20. The van der Waals surface area contributed by atoms with Gasteiger partial charge in [0.25, 0.3) is 0 Å². The molecular formula is C13H16N2O2S. The van der Waals surface area contributed by atoms with Crippen LogP contribution in [0.2, 0.25) is 0 Å². The minimum absolute atomic E-state index is 0.189. The van der Waals surface area contributed by atoms with Crippen LogP contribution in [0.3, 0.4) is 0 Å². The van der Waals surface area contributed by atoms with Crippen molar-refractivity contribution in [3.63, 3.8) is 0 Å². The van der Waals surface area contributed by atoms with Crippen LogP contribution in [-0.2, 0) is 9.47 Å². The van der Waals surface area contributed by atoms with Crippen LogP contribution in [0.15, 0.2) is 24.3 Å². The lowest BCUT2D eigenvalue weighted by molar-refractivity contribution is -0.00613. The van der Waals surface area contributed by atoms with Gasteiger partial charge in [-0.25, -0.2) is 0 Å². The van der Waals surface area contributed by atoms with Crippen molar-refractivity contribution < 1.29 is 9.47 Å². The van der Waals surface area contributed by atoms with Crippen LogP contribution >= 0.6 is 11.5 Å². The third-order valence-corrected chi connectivity index (χ3v) is 4.29. The van der Waals surface area contributed by atoms with Crippen LogP contribution in [0.1, 0.15) is 6.42 Å². The van der Waals surface area contributed by atoms with Crippen molar-refractivity contribution >= 4 is 27.4 Å². The molecule has 5 heteroatoms. The van der Waals surface area contributed by atoms with Gasteiger partial charge >= 0.3 is 0 Å². The Morgan fingerprint density at radius 2 is 2.39 bits per heavy atom. The summed E-state index contributed by atoms with van der Waals surface area (Å²) in [6, 6.07) is 8.16. The number of ether oxygens (including phenoxy) is 2. The molecule has 0 amide bonds. The van der Waals surface area contributed by atoms with Crippen LogP contribution in [0, 0.1) is 0 Å². The van der Waals surface area contributed by atoms with Gasteiger partial charge in [0.05, 0.1) is 12.1 Å². The standard InChI is InChI=1S/C13H16N2O2S/c1-16-13(6-7-17-9-13)8-14-12-10-4-2-3-5-11(10)15-18-12/h2-5,14H,6-9H2,1H3. The molecule has 1 fully saturated rings. The highest BCUT2D eigenvalue weighted by molar-refractivity contribution is 7.11. The van der Waals surface area contributed by atoms with Gasteiger partial charge in [0, 0.05) is 32.1 Å². The first-order chi connectivity index (χ1) is 8.83. The molecule has 18 heavy (non-hydrogen) atoms. The van der Waals surface area contributed by atoms with E-state index in [0.717, 1.165) is 30.1 Å². The molecule has 96 valence electrons. The van der Waals surface area contributed by atoms with Gasteiger partial charge in [-0.15, -0.1) is 0 Å². The van der Waals surface area contributed by atoms with E-state index < -0.39 is 0 Å². The smallest absolute Gasteiger partial charge is 0.117 e. The summed E-state index contributed by atoms with van der Waals surface area (Å²) in [5, 5.41) is 5.73. The van der Waals surface area contributed by atoms with Crippen molar-refractivity contribution in [3.8, 4) is 0 Å². The van der Waals surface area contributed by atoms with Crippen LogP contribution < -0.4 is 5.32 Å². The van der Waals surface area contributed by atoms with Gasteiger partial charge in [-0.05, 0) is 23.7 Å². The minimum atomic E-state index is -0.189. The zero-order chi connectivity index (χ0) is 12.4. The van der Waals surface area contributed by atoms with Gasteiger partial charge in [-0.2, -0.15) is 4.37 Å². The lowest BCUT2D eigenvalue weighted by atomic mass is 10.0. The number of hydrogen-bond donors (Lipinski definition) is 1. The number of hydrogen-bond acceptors (Lipinski definition) is 5. The number of fused-ring (bicyclic) bond motifs is 1. The molecule has 1 unspecified atom stereocenters. The van der Waals surface area contributed by atoms with Gasteiger partial charge in [0.2, 0.25) is 0 Å². The number of nitrogens with zero attached hydrogens (tertiary/aromatic N) is 1. The molecule has 1 N–H and O–H groups in total.